The molecule has 1 amide bonds. The highest BCUT2D eigenvalue weighted by atomic mass is 35.5. The summed E-state index contributed by atoms with van der Waals surface area (Å²) in [5.41, 5.74) is 9.79. The van der Waals surface area contributed by atoms with Crippen molar-refractivity contribution in [1.82, 2.24) is 5.32 Å². The zero-order valence-electron chi connectivity index (χ0n) is 12.0. The summed E-state index contributed by atoms with van der Waals surface area (Å²) in [5, 5.41) is 6.69. The molecule has 0 bridgehead atoms. The first-order valence-electron chi connectivity index (χ1n) is 6.72. The molecule has 2 aromatic carbocycles. The molecule has 0 aliphatic heterocycles. The second kappa shape index (κ2) is 6.50. The molecule has 0 saturated carbocycles. The number of benzene rings is 2. The summed E-state index contributed by atoms with van der Waals surface area (Å²) in [7, 11) is 0. The average Bonchev–Trinajstić information content (AvgIpc) is 2.44. The van der Waals surface area contributed by atoms with Gasteiger partial charge in [-0.1, -0.05) is 11.6 Å². The summed E-state index contributed by atoms with van der Waals surface area (Å²) in [4.78, 5) is 11.8. The highest BCUT2D eigenvalue weighted by Crippen LogP contribution is 2.27. The van der Waals surface area contributed by atoms with Gasteiger partial charge in [-0.05, 0) is 55.8 Å². The van der Waals surface area contributed by atoms with Crippen LogP contribution in [0.1, 0.15) is 22.8 Å². The number of hydrogen-bond donors (Lipinski definition) is 3. The molecule has 0 heterocycles. The minimum atomic E-state index is -0.126. The molecule has 0 aliphatic rings. The van der Waals surface area contributed by atoms with E-state index in [9.17, 15) is 4.79 Å². The van der Waals surface area contributed by atoms with Gasteiger partial charge in [0, 0.05) is 22.8 Å². The lowest BCUT2D eigenvalue weighted by Crippen LogP contribution is -2.22. The molecule has 2 rings (SSSR count). The van der Waals surface area contributed by atoms with E-state index in [4.69, 9.17) is 17.3 Å². The third-order valence-corrected chi connectivity index (χ3v) is 3.34. The van der Waals surface area contributed by atoms with Crippen LogP contribution < -0.4 is 16.4 Å². The molecule has 0 fully saturated rings. The monoisotopic (exact) mass is 303 g/mol. The maximum absolute atomic E-state index is 11.8. The fourth-order valence-electron chi connectivity index (χ4n) is 1.99. The number of carbonyl (C=O) groups excluding carboxylic acids is 1. The fraction of sp³-hybridized carbons (Fsp3) is 0.188. The van der Waals surface area contributed by atoms with E-state index < -0.39 is 0 Å². The van der Waals surface area contributed by atoms with Crippen LogP contribution in [0.4, 0.5) is 17.1 Å². The largest absolute Gasteiger partial charge is 0.397 e. The third kappa shape index (κ3) is 3.67. The van der Waals surface area contributed by atoms with Gasteiger partial charge >= 0.3 is 0 Å². The SMILES string of the molecule is CCNC(=O)c1ccc(Nc2ccc(Cl)cc2C)c(N)c1. The summed E-state index contributed by atoms with van der Waals surface area (Å²) >= 11 is 5.94. The van der Waals surface area contributed by atoms with Gasteiger partial charge in [0.1, 0.15) is 0 Å². The number of nitrogens with two attached hydrogens (primary N) is 1. The van der Waals surface area contributed by atoms with Gasteiger partial charge in [0.2, 0.25) is 0 Å². The van der Waals surface area contributed by atoms with Gasteiger partial charge in [-0.2, -0.15) is 0 Å². The number of aryl methyl sites for hydroxylation is 1. The maximum atomic E-state index is 11.8. The van der Waals surface area contributed by atoms with Crippen LogP contribution in [0.15, 0.2) is 36.4 Å². The van der Waals surface area contributed by atoms with Crippen molar-refractivity contribution >= 4 is 34.6 Å². The fourth-order valence-corrected chi connectivity index (χ4v) is 2.22. The topological polar surface area (TPSA) is 67.2 Å². The Morgan fingerprint density at radius 1 is 1.19 bits per heavy atom. The second-order valence-electron chi connectivity index (χ2n) is 4.75. The van der Waals surface area contributed by atoms with Crippen molar-refractivity contribution in [3.8, 4) is 0 Å². The minimum Gasteiger partial charge on any atom is -0.397 e. The Kier molecular flexibility index (Phi) is 4.70. The highest BCUT2D eigenvalue weighted by molar-refractivity contribution is 6.30. The van der Waals surface area contributed by atoms with Crippen molar-refractivity contribution in [3.63, 3.8) is 0 Å². The lowest BCUT2D eigenvalue weighted by atomic mass is 10.1. The van der Waals surface area contributed by atoms with Crippen LogP contribution >= 0.6 is 11.6 Å². The van der Waals surface area contributed by atoms with Crippen molar-refractivity contribution in [1.29, 1.82) is 0 Å². The summed E-state index contributed by atoms with van der Waals surface area (Å²) in [6.07, 6.45) is 0. The van der Waals surface area contributed by atoms with E-state index in [0.29, 0.717) is 22.8 Å². The molecular weight excluding hydrogens is 286 g/mol. The van der Waals surface area contributed by atoms with Crippen LogP contribution in [0, 0.1) is 6.92 Å². The number of carbonyl (C=O) groups is 1. The Morgan fingerprint density at radius 2 is 1.90 bits per heavy atom. The van der Waals surface area contributed by atoms with Crippen LogP contribution in [0.25, 0.3) is 0 Å². The predicted octanol–water partition coefficient (Wildman–Crippen LogP) is 3.72. The molecule has 0 spiro atoms. The van der Waals surface area contributed by atoms with E-state index >= 15 is 0 Å². The minimum absolute atomic E-state index is 0.126. The molecule has 0 aromatic heterocycles. The van der Waals surface area contributed by atoms with E-state index in [1.807, 2.05) is 32.0 Å². The Balaban J connectivity index is 2.23. The number of nitrogen functional groups attached to an aromatic ring is 1. The van der Waals surface area contributed by atoms with Gasteiger partial charge in [0.15, 0.2) is 0 Å². The normalized spacial score (nSPS) is 10.2. The predicted molar refractivity (Wildman–Crippen MR) is 88.3 cm³/mol. The third-order valence-electron chi connectivity index (χ3n) is 3.11. The Bertz CT molecular complexity index is 671. The van der Waals surface area contributed by atoms with Gasteiger partial charge in [-0.25, -0.2) is 0 Å². The molecule has 5 heteroatoms. The number of rotatable bonds is 4. The quantitative estimate of drug-likeness (QED) is 0.754. The van der Waals surface area contributed by atoms with Gasteiger partial charge in [0.25, 0.3) is 5.91 Å². The molecule has 2 aromatic rings. The summed E-state index contributed by atoms with van der Waals surface area (Å²) in [5.74, 6) is -0.126. The molecule has 0 unspecified atom stereocenters. The van der Waals surface area contributed by atoms with Gasteiger partial charge < -0.3 is 16.4 Å². The van der Waals surface area contributed by atoms with E-state index in [2.05, 4.69) is 10.6 Å². The lowest BCUT2D eigenvalue weighted by molar-refractivity contribution is 0.0956. The molecule has 0 radical (unpaired) electrons. The lowest BCUT2D eigenvalue weighted by Gasteiger charge is -2.13. The standard InChI is InChI=1S/C16H18ClN3O/c1-3-19-16(21)11-4-6-15(13(18)9-11)20-14-7-5-12(17)8-10(14)2/h4-9,20H,3,18H2,1-2H3,(H,19,21). The Hall–Kier alpha value is -2.20. The summed E-state index contributed by atoms with van der Waals surface area (Å²) in [6.45, 7) is 4.43. The zero-order chi connectivity index (χ0) is 15.4. The molecular formula is C16H18ClN3O. The maximum Gasteiger partial charge on any atom is 0.251 e. The van der Waals surface area contributed by atoms with Crippen LogP contribution in [-0.2, 0) is 0 Å². The van der Waals surface area contributed by atoms with Crippen molar-refractivity contribution in [3.05, 3.63) is 52.5 Å². The average molecular weight is 304 g/mol. The van der Waals surface area contributed by atoms with Crippen molar-refractivity contribution < 1.29 is 4.79 Å². The molecule has 0 aliphatic carbocycles. The van der Waals surface area contributed by atoms with Gasteiger partial charge in [0.05, 0.1) is 11.4 Å². The van der Waals surface area contributed by atoms with E-state index in [1.165, 1.54) is 0 Å². The smallest absolute Gasteiger partial charge is 0.251 e. The summed E-state index contributed by atoms with van der Waals surface area (Å²) < 4.78 is 0. The Labute approximate surface area is 129 Å². The Morgan fingerprint density at radius 3 is 2.52 bits per heavy atom. The molecule has 0 saturated heterocycles. The van der Waals surface area contributed by atoms with Crippen LogP contribution in [0.3, 0.4) is 0 Å². The van der Waals surface area contributed by atoms with E-state index in [1.54, 1.807) is 18.2 Å². The summed E-state index contributed by atoms with van der Waals surface area (Å²) in [6, 6.07) is 10.8. The first-order valence-corrected chi connectivity index (χ1v) is 7.10. The van der Waals surface area contributed by atoms with Crippen LogP contribution in [0.2, 0.25) is 5.02 Å². The molecule has 0 atom stereocenters. The molecule has 21 heavy (non-hydrogen) atoms. The molecule has 4 N–H and O–H groups in total. The van der Waals surface area contributed by atoms with Crippen molar-refractivity contribution in [2.45, 2.75) is 13.8 Å². The van der Waals surface area contributed by atoms with Crippen molar-refractivity contribution in [2.24, 2.45) is 0 Å². The first-order chi connectivity index (χ1) is 10.0. The van der Waals surface area contributed by atoms with Crippen LogP contribution in [0.5, 0.6) is 0 Å². The number of hydrogen-bond acceptors (Lipinski definition) is 3. The zero-order valence-corrected chi connectivity index (χ0v) is 12.8. The van der Waals surface area contributed by atoms with Crippen molar-refractivity contribution in [2.75, 3.05) is 17.6 Å². The van der Waals surface area contributed by atoms with Gasteiger partial charge in [-0.3, -0.25) is 4.79 Å². The van der Waals surface area contributed by atoms with E-state index in [-0.39, 0.29) is 5.91 Å². The molecule has 4 nitrogen and oxygen atoms in total. The van der Waals surface area contributed by atoms with Gasteiger partial charge in [-0.15, -0.1) is 0 Å². The number of halogens is 1. The molecule has 110 valence electrons. The number of anilines is 3. The van der Waals surface area contributed by atoms with Crippen LogP contribution in [-0.4, -0.2) is 12.5 Å². The number of nitrogens with one attached hydrogen (secondary N) is 2. The second-order valence-corrected chi connectivity index (χ2v) is 5.18. The number of amides is 1. The highest BCUT2D eigenvalue weighted by Gasteiger charge is 2.08. The first kappa shape index (κ1) is 15.2. The van der Waals surface area contributed by atoms with E-state index in [0.717, 1.165) is 16.9 Å².